The first-order valence-electron chi connectivity index (χ1n) is 33.8. The van der Waals surface area contributed by atoms with E-state index in [0.717, 1.165) is 75.6 Å². The van der Waals surface area contributed by atoms with E-state index >= 15 is 0 Å². The summed E-state index contributed by atoms with van der Waals surface area (Å²) in [6.07, 6.45) is 64.4. The standard InChI is InChI=1S/C48H74N2.2C13H27.Ni/c1-7-13-19-20-21-22-23-26-32-46-45(31-18-12-6)47(44-37-41(29-24-14-8-2)34-42(38-44)30-25-15-9-3)50(49)48(46)43-35-39(27-16-10-4)33-40(36-43)28-17-11-5;2*1-3-5-7-9-11-13-12-10-8-6-4-2;/h26,32-38H,7-25,27-31H2,1-6H3;2*1,3-13H2,2H3;/q;2*-1;+2. The van der Waals surface area contributed by atoms with Crippen LogP contribution >= 0.6 is 0 Å². The van der Waals surface area contributed by atoms with Crippen LogP contribution in [0.15, 0.2) is 59.7 Å². The minimum absolute atomic E-state index is 0. The molecular formula is C74H128N2Ni. The van der Waals surface area contributed by atoms with Crippen molar-refractivity contribution in [3.05, 3.63) is 112 Å². The van der Waals surface area contributed by atoms with Gasteiger partial charge in [-0.2, -0.15) is 12.8 Å². The molecule has 0 unspecified atom stereocenters. The van der Waals surface area contributed by atoms with Gasteiger partial charge >= 0.3 is 16.5 Å². The SMILES string of the molecule is CCCCCCCCC=CC1=C(c2cc(CCCC)cc(CCCC)c2)[N+](=[N-])C(c2cc(CCCCC)cc(CCCCC)c2)=C1CCCC.[CH2-]CCCCCCCCCCCC.[CH2-]CCCCCCCCCCCC.[Ni+2]. The Kier molecular flexibility index (Phi) is 52.8. The maximum atomic E-state index is 12.5. The predicted octanol–water partition coefficient (Wildman–Crippen LogP) is 25.8. The largest absolute Gasteiger partial charge is 2.00 e. The molecule has 0 radical (unpaired) electrons. The number of hydrogen-bond acceptors (Lipinski definition) is 0. The van der Waals surface area contributed by atoms with Crippen LogP contribution in [0.3, 0.4) is 0 Å². The molecule has 2 aromatic rings. The Hall–Kier alpha value is -2.25. The number of unbranched alkanes of at least 4 members (excludes halogenated alkanes) is 33. The summed E-state index contributed by atoms with van der Waals surface area (Å²) in [7, 11) is 0. The van der Waals surface area contributed by atoms with Crippen LogP contribution < -0.4 is 0 Å². The Balaban J connectivity index is 0.00000175. The number of nitrogens with zero attached hydrogens (tertiary/aromatic N) is 2. The number of allylic oxidation sites excluding steroid dienone is 4. The van der Waals surface area contributed by atoms with E-state index in [4.69, 9.17) is 0 Å². The van der Waals surface area contributed by atoms with E-state index in [1.807, 2.05) is 0 Å². The molecule has 2 aromatic carbocycles. The van der Waals surface area contributed by atoms with E-state index in [2.05, 4.69) is 118 Å². The van der Waals surface area contributed by atoms with Gasteiger partial charge in [0.1, 0.15) is 0 Å². The molecule has 0 saturated heterocycles. The zero-order valence-electron chi connectivity index (χ0n) is 52.8. The van der Waals surface area contributed by atoms with Crippen molar-refractivity contribution in [2.24, 2.45) is 0 Å². The van der Waals surface area contributed by atoms with Crippen molar-refractivity contribution < 1.29 is 21.2 Å². The summed E-state index contributed by atoms with van der Waals surface area (Å²) in [5.41, 5.74) is 25.2. The molecule has 1 aliphatic rings. The van der Waals surface area contributed by atoms with E-state index in [-0.39, 0.29) is 16.5 Å². The fourth-order valence-electron chi connectivity index (χ4n) is 10.9. The molecule has 1 aliphatic heterocycles. The zero-order chi connectivity index (χ0) is 55.5. The van der Waals surface area contributed by atoms with Gasteiger partial charge in [0, 0.05) is 16.7 Å². The second-order valence-corrected chi connectivity index (χ2v) is 23.2. The molecule has 0 saturated carbocycles. The smallest absolute Gasteiger partial charge is 0.493 e. The maximum Gasteiger partial charge on any atom is 2.00 e. The van der Waals surface area contributed by atoms with Crippen LogP contribution in [0.4, 0.5) is 0 Å². The van der Waals surface area contributed by atoms with Gasteiger partial charge in [-0.25, -0.2) is 4.70 Å². The first-order valence-corrected chi connectivity index (χ1v) is 33.8. The monoisotopic (exact) mass is 1100 g/mol. The van der Waals surface area contributed by atoms with Gasteiger partial charge in [-0.1, -0.05) is 285 Å². The molecule has 3 heteroatoms. The third-order valence-electron chi connectivity index (χ3n) is 15.7. The van der Waals surface area contributed by atoms with Crippen LogP contribution in [0.5, 0.6) is 0 Å². The first kappa shape index (κ1) is 74.8. The molecule has 0 aliphatic carbocycles. The summed E-state index contributed by atoms with van der Waals surface area (Å²) < 4.78 is 1.62. The van der Waals surface area contributed by atoms with E-state index in [9.17, 15) is 5.53 Å². The summed E-state index contributed by atoms with van der Waals surface area (Å²) in [6.45, 7) is 26.0. The van der Waals surface area contributed by atoms with Crippen LogP contribution in [0.25, 0.3) is 16.9 Å². The van der Waals surface area contributed by atoms with Crippen molar-refractivity contribution in [1.82, 2.24) is 0 Å². The van der Waals surface area contributed by atoms with Crippen LogP contribution in [0, 0.1) is 13.8 Å². The molecule has 0 amide bonds. The van der Waals surface area contributed by atoms with Crippen molar-refractivity contribution in [3.63, 3.8) is 0 Å². The van der Waals surface area contributed by atoms with E-state index in [0.29, 0.717) is 0 Å². The predicted molar refractivity (Wildman–Crippen MR) is 344 cm³/mol. The van der Waals surface area contributed by atoms with Gasteiger partial charge in [0.15, 0.2) is 0 Å². The van der Waals surface area contributed by atoms with Crippen molar-refractivity contribution in [3.8, 4) is 0 Å². The number of rotatable bonds is 47. The summed E-state index contributed by atoms with van der Waals surface area (Å²) in [4.78, 5) is 0. The number of hydrogen-bond donors (Lipinski definition) is 0. The Bertz CT molecular complexity index is 1670. The Morgan fingerprint density at radius 3 is 0.974 bits per heavy atom. The second kappa shape index (κ2) is 54.3. The summed E-state index contributed by atoms with van der Waals surface area (Å²) >= 11 is 0. The summed E-state index contributed by atoms with van der Waals surface area (Å²) in [6, 6.07) is 14.5. The molecular weight excluding hydrogens is 976 g/mol. The molecule has 0 aromatic heterocycles. The van der Waals surface area contributed by atoms with Crippen LogP contribution in [-0.4, -0.2) is 4.70 Å². The Morgan fingerprint density at radius 1 is 0.338 bits per heavy atom. The van der Waals surface area contributed by atoms with Gasteiger partial charge in [-0.15, -0.1) is 0 Å². The molecule has 0 bridgehead atoms. The van der Waals surface area contributed by atoms with Gasteiger partial charge in [0.05, 0.1) is 5.57 Å². The average Bonchev–Trinajstić information content (AvgIpc) is 3.73. The molecule has 0 N–H and O–H groups in total. The molecule has 77 heavy (non-hydrogen) atoms. The first-order chi connectivity index (χ1) is 37.3. The normalized spacial score (nSPS) is 12.4. The zero-order valence-corrected chi connectivity index (χ0v) is 53.8. The average molecular weight is 1100 g/mol. The fraction of sp³-hybridized carbons (Fsp3) is 0.730. The topological polar surface area (TPSA) is 25.3 Å². The molecule has 3 rings (SSSR count). The van der Waals surface area contributed by atoms with Gasteiger partial charge in [0.2, 0.25) is 11.4 Å². The third kappa shape index (κ3) is 36.7. The Morgan fingerprint density at radius 2 is 0.623 bits per heavy atom. The van der Waals surface area contributed by atoms with Gasteiger partial charge < -0.3 is 19.4 Å². The third-order valence-corrected chi connectivity index (χ3v) is 15.7. The fourth-order valence-corrected chi connectivity index (χ4v) is 10.9. The van der Waals surface area contributed by atoms with Crippen LogP contribution in [0.2, 0.25) is 0 Å². The van der Waals surface area contributed by atoms with Gasteiger partial charge in [0.25, 0.3) is 0 Å². The molecule has 0 atom stereocenters. The minimum atomic E-state index is 0. The summed E-state index contributed by atoms with van der Waals surface area (Å²) in [5.74, 6) is 0. The van der Waals surface area contributed by atoms with Crippen molar-refractivity contribution in [2.75, 3.05) is 0 Å². The van der Waals surface area contributed by atoms with Gasteiger partial charge in [-0.3, -0.25) is 0 Å². The van der Waals surface area contributed by atoms with E-state index in [1.54, 1.807) is 4.70 Å². The van der Waals surface area contributed by atoms with E-state index < -0.39 is 0 Å². The number of aryl methyl sites for hydroxylation is 4. The van der Waals surface area contributed by atoms with Crippen LogP contribution in [-0.2, 0) is 42.2 Å². The van der Waals surface area contributed by atoms with Crippen molar-refractivity contribution in [1.29, 1.82) is 0 Å². The molecule has 1 heterocycles. The minimum Gasteiger partial charge on any atom is -0.493 e. The number of benzene rings is 2. The second-order valence-electron chi connectivity index (χ2n) is 23.2. The molecule has 444 valence electrons. The molecule has 2 nitrogen and oxygen atoms in total. The quantitative estimate of drug-likeness (QED) is 0.0273. The Labute approximate surface area is 493 Å². The molecule has 0 fully saturated rings. The van der Waals surface area contributed by atoms with Gasteiger partial charge in [-0.05, 0) is 124 Å². The van der Waals surface area contributed by atoms with Crippen molar-refractivity contribution >= 4 is 11.4 Å². The van der Waals surface area contributed by atoms with Crippen molar-refractivity contribution in [2.45, 2.75) is 351 Å². The van der Waals surface area contributed by atoms with Crippen LogP contribution in [0.1, 0.15) is 358 Å². The maximum absolute atomic E-state index is 12.5. The molecule has 0 spiro atoms. The van der Waals surface area contributed by atoms with E-state index in [1.165, 1.54) is 276 Å². The summed E-state index contributed by atoms with van der Waals surface area (Å²) in [5, 5.41) is 0.